The fourth-order valence-corrected chi connectivity index (χ4v) is 0.503. The van der Waals surface area contributed by atoms with Crippen molar-refractivity contribution < 1.29 is 13.6 Å². The molecule has 0 radical (unpaired) electrons. The van der Waals surface area contributed by atoms with Gasteiger partial charge in [0.05, 0.1) is 16.9 Å². The Labute approximate surface area is 68.5 Å². The first-order valence-electron chi connectivity index (χ1n) is 4.55. The smallest absolute Gasteiger partial charge is 0.358 e. The van der Waals surface area contributed by atoms with Crippen LogP contribution in [0.3, 0.4) is 0 Å². The summed E-state index contributed by atoms with van der Waals surface area (Å²) >= 11 is 0. The molecule has 1 aromatic heterocycles. The van der Waals surface area contributed by atoms with Crippen LogP contribution in [0.15, 0.2) is 18.5 Å². The van der Waals surface area contributed by atoms with Crippen LogP contribution in [0.4, 0.5) is 0 Å². The van der Waals surface area contributed by atoms with Gasteiger partial charge in [-0.1, -0.05) is 0 Å². The molecular formula is C7H8N2O2. The highest BCUT2D eigenvalue weighted by Gasteiger charge is 2.05. The maximum atomic E-state index is 11.1. The number of carbonyl (C=O) groups is 1. The molecular weight excluding hydrogens is 144 g/mol. The van der Waals surface area contributed by atoms with E-state index in [9.17, 15) is 4.79 Å². The lowest BCUT2D eigenvalue weighted by Gasteiger charge is -1.97. The lowest BCUT2D eigenvalue weighted by Crippen LogP contribution is -2.06. The third-order valence-corrected chi connectivity index (χ3v) is 0.904. The number of hydrogen-bond donors (Lipinski definition) is 0. The van der Waals surface area contributed by atoms with Crippen molar-refractivity contribution in [3.63, 3.8) is 0 Å². The molecule has 0 saturated carbocycles. The van der Waals surface area contributed by atoms with Gasteiger partial charge in [-0.3, -0.25) is 4.98 Å². The average Bonchev–Trinajstić information content (AvgIpc) is 2.11. The van der Waals surface area contributed by atoms with Gasteiger partial charge in [-0.2, -0.15) is 0 Å². The van der Waals surface area contributed by atoms with E-state index in [2.05, 4.69) is 14.7 Å². The van der Waals surface area contributed by atoms with Crippen molar-refractivity contribution >= 4 is 5.97 Å². The second kappa shape index (κ2) is 3.65. The van der Waals surface area contributed by atoms with Crippen LogP contribution in [0.1, 0.15) is 21.5 Å². The van der Waals surface area contributed by atoms with E-state index < -0.39 is 24.5 Å². The fraction of sp³-hybridized carbons (Fsp3) is 0.286. The minimum Gasteiger partial charge on any atom is -0.461 e. The average molecular weight is 155 g/mol. The monoisotopic (exact) mass is 155 g/mol. The van der Waals surface area contributed by atoms with Crippen LogP contribution in [0.25, 0.3) is 0 Å². The maximum Gasteiger partial charge on any atom is 0.358 e. The predicted octanol–water partition coefficient (Wildman–Crippen LogP) is 0.653. The van der Waals surface area contributed by atoms with Crippen molar-refractivity contribution in [2.24, 2.45) is 0 Å². The minimum atomic E-state index is -0.793. The summed E-state index contributed by atoms with van der Waals surface area (Å²) in [6, 6.07) is 0. The summed E-state index contributed by atoms with van der Waals surface area (Å²) in [5.41, 5.74) is -0.326. The molecule has 0 atom stereocenters. The molecule has 0 aliphatic heterocycles. The number of nitrogens with zero attached hydrogens (tertiary/aromatic N) is 2. The summed E-state index contributed by atoms with van der Waals surface area (Å²) in [6.45, 7) is 1.78. The third-order valence-electron chi connectivity index (χ3n) is 0.904. The highest BCUT2D eigenvalue weighted by molar-refractivity contribution is 5.86. The Kier molecular flexibility index (Phi) is 1.47. The van der Waals surface area contributed by atoms with E-state index >= 15 is 0 Å². The number of esters is 1. The lowest BCUT2D eigenvalue weighted by atomic mass is 10.5. The van der Waals surface area contributed by atoms with E-state index in [1.807, 2.05) is 0 Å². The quantitative estimate of drug-likeness (QED) is 0.588. The summed E-state index contributed by atoms with van der Waals surface area (Å²) in [6.07, 6.45) is -1.31. The molecule has 4 heteroatoms. The number of aromatic nitrogens is 2. The van der Waals surface area contributed by atoms with Gasteiger partial charge >= 0.3 is 5.97 Å². The van der Waals surface area contributed by atoms with Gasteiger partial charge in [-0.25, -0.2) is 9.78 Å². The van der Waals surface area contributed by atoms with Crippen molar-refractivity contribution in [1.29, 1.82) is 0 Å². The standard InChI is InChI=1S/C7H8N2O2/c1-2-11-7(10)6-5-8-3-4-9-6/h3-5H,2H2,1H3/i3D,4D,5D. The van der Waals surface area contributed by atoms with Gasteiger partial charge in [0.1, 0.15) is 0 Å². The summed E-state index contributed by atoms with van der Waals surface area (Å²) < 4.78 is 26.0. The Hall–Kier alpha value is -1.45. The molecule has 1 heterocycles. The first-order chi connectivity index (χ1) is 6.56. The Bertz CT molecular complexity index is 370. The first-order valence-corrected chi connectivity index (χ1v) is 3.05. The van der Waals surface area contributed by atoms with Crippen molar-refractivity contribution in [2.45, 2.75) is 6.92 Å². The van der Waals surface area contributed by atoms with Crippen LogP contribution >= 0.6 is 0 Å². The van der Waals surface area contributed by atoms with Crippen LogP contribution in [0, 0.1) is 0 Å². The summed E-state index contributed by atoms with van der Waals surface area (Å²) in [7, 11) is 0. The number of hydrogen-bond acceptors (Lipinski definition) is 4. The van der Waals surface area contributed by atoms with E-state index in [4.69, 9.17) is 4.11 Å². The number of ether oxygens (including phenoxy) is 1. The Morgan fingerprint density at radius 3 is 3.36 bits per heavy atom. The molecule has 1 aromatic rings. The second-order valence-electron chi connectivity index (χ2n) is 1.63. The van der Waals surface area contributed by atoms with Crippen LogP contribution in [-0.2, 0) is 4.74 Å². The van der Waals surface area contributed by atoms with Crippen LogP contribution < -0.4 is 0 Å². The second-order valence-corrected chi connectivity index (χ2v) is 1.63. The van der Waals surface area contributed by atoms with Crippen LogP contribution in [0.2, 0.25) is 0 Å². The molecule has 0 fully saturated rings. The molecule has 0 N–H and O–H groups in total. The molecule has 11 heavy (non-hydrogen) atoms. The normalized spacial score (nSPS) is 13.0. The van der Waals surface area contributed by atoms with Crippen molar-refractivity contribution in [2.75, 3.05) is 6.61 Å². The topological polar surface area (TPSA) is 52.1 Å². The van der Waals surface area contributed by atoms with Crippen molar-refractivity contribution in [3.05, 3.63) is 24.2 Å². The summed E-state index contributed by atoms with van der Waals surface area (Å²) in [5, 5.41) is 0. The van der Waals surface area contributed by atoms with Gasteiger partial charge in [-0.15, -0.1) is 0 Å². The molecule has 1 rings (SSSR count). The Morgan fingerprint density at radius 2 is 2.64 bits per heavy atom. The van der Waals surface area contributed by atoms with E-state index in [0.717, 1.165) is 0 Å². The van der Waals surface area contributed by atoms with E-state index in [0.29, 0.717) is 0 Å². The SMILES string of the molecule is [2H]c1nc([2H])c(C(=O)OCC)nc1[2H]. The van der Waals surface area contributed by atoms with Gasteiger partial charge in [-0.05, 0) is 6.92 Å². The Balaban J connectivity index is 3.09. The molecule has 0 aromatic carbocycles. The molecule has 0 spiro atoms. The lowest BCUT2D eigenvalue weighted by molar-refractivity contribution is 0.0519. The van der Waals surface area contributed by atoms with Crippen molar-refractivity contribution in [1.82, 2.24) is 9.97 Å². The number of rotatable bonds is 2. The highest BCUT2D eigenvalue weighted by Crippen LogP contribution is 1.92. The zero-order chi connectivity index (χ0) is 10.7. The molecule has 0 aliphatic rings. The molecule has 0 aliphatic carbocycles. The number of carbonyl (C=O) groups excluding carboxylic acids is 1. The van der Waals surface area contributed by atoms with Crippen LogP contribution in [-0.4, -0.2) is 22.5 Å². The first kappa shape index (κ1) is 4.43. The van der Waals surface area contributed by atoms with E-state index in [1.54, 1.807) is 6.92 Å². The Morgan fingerprint density at radius 1 is 1.82 bits per heavy atom. The zero-order valence-corrected chi connectivity index (χ0v) is 5.92. The van der Waals surface area contributed by atoms with Gasteiger partial charge in [0.15, 0.2) is 5.69 Å². The third kappa shape index (κ3) is 2.00. The molecule has 0 unspecified atom stereocenters. The van der Waals surface area contributed by atoms with Gasteiger partial charge < -0.3 is 4.74 Å². The zero-order valence-electron chi connectivity index (χ0n) is 8.92. The van der Waals surface area contributed by atoms with Gasteiger partial charge in [0.25, 0.3) is 0 Å². The highest BCUT2D eigenvalue weighted by atomic mass is 16.5. The largest absolute Gasteiger partial charge is 0.461 e. The summed E-state index contributed by atoms with van der Waals surface area (Å²) in [5.74, 6) is -0.793. The molecule has 4 nitrogen and oxygen atoms in total. The fourth-order valence-electron chi connectivity index (χ4n) is 0.503. The van der Waals surface area contributed by atoms with Crippen molar-refractivity contribution in [3.8, 4) is 0 Å². The molecule has 0 saturated heterocycles. The molecule has 0 bridgehead atoms. The maximum absolute atomic E-state index is 11.1. The van der Waals surface area contributed by atoms with Crippen LogP contribution in [0.5, 0.6) is 0 Å². The summed E-state index contributed by atoms with van der Waals surface area (Å²) in [4.78, 5) is 17.9. The molecule has 0 amide bonds. The molecule has 58 valence electrons. The predicted molar refractivity (Wildman–Crippen MR) is 38.0 cm³/mol. The van der Waals surface area contributed by atoms with Gasteiger partial charge in [0.2, 0.25) is 0 Å². The minimum absolute atomic E-state index is 0.163. The van der Waals surface area contributed by atoms with E-state index in [-0.39, 0.29) is 12.3 Å². The van der Waals surface area contributed by atoms with E-state index in [1.165, 1.54) is 0 Å². The van der Waals surface area contributed by atoms with Gasteiger partial charge in [0, 0.05) is 12.3 Å².